The molecule has 0 bridgehead atoms. The largest absolute Gasteiger partial charge is 0.508 e. The van der Waals surface area contributed by atoms with Crippen molar-refractivity contribution in [3.05, 3.63) is 48.5 Å². The Morgan fingerprint density at radius 3 is 2.09 bits per heavy atom. The lowest BCUT2D eigenvalue weighted by Crippen LogP contribution is -2.45. The van der Waals surface area contributed by atoms with Crippen LogP contribution in [0.1, 0.15) is 6.92 Å². The summed E-state index contributed by atoms with van der Waals surface area (Å²) in [7, 11) is 0. The topological polar surface area (TPSA) is 99.0 Å². The molecule has 0 heterocycles. The average Bonchev–Trinajstić information content (AvgIpc) is 2.49. The SMILES string of the molecule is CC(O)(COc1ccc(O)cc1)C(=O)Nc1ccc(O)cc1. The Balaban J connectivity index is 1.95. The van der Waals surface area contributed by atoms with Crippen LogP contribution in [0.25, 0.3) is 0 Å². The predicted molar refractivity (Wildman–Crippen MR) is 81.0 cm³/mol. The number of carbonyl (C=O) groups is 1. The third-order valence-electron chi connectivity index (χ3n) is 2.97. The minimum absolute atomic E-state index is 0.0837. The van der Waals surface area contributed by atoms with Gasteiger partial charge in [0.25, 0.3) is 5.91 Å². The first-order valence-corrected chi connectivity index (χ1v) is 6.61. The number of ether oxygens (including phenoxy) is 1. The molecule has 4 N–H and O–H groups in total. The Hall–Kier alpha value is -2.73. The van der Waals surface area contributed by atoms with Gasteiger partial charge in [0, 0.05) is 5.69 Å². The van der Waals surface area contributed by atoms with Gasteiger partial charge in [0.1, 0.15) is 23.9 Å². The fourth-order valence-corrected chi connectivity index (χ4v) is 1.64. The maximum Gasteiger partial charge on any atom is 0.259 e. The molecule has 2 aromatic carbocycles. The molecule has 2 rings (SSSR count). The lowest BCUT2D eigenvalue weighted by atomic mass is 10.1. The minimum atomic E-state index is -1.74. The van der Waals surface area contributed by atoms with Crippen molar-refractivity contribution in [2.75, 3.05) is 11.9 Å². The third kappa shape index (κ3) is 4.13. The van der Waals surface area contributed by atoms with Crippen molar-refractivity contribution in [1.82, 2.24) is 0 Å². The molecule has 0 saturated heterocycles. The van der Waals surface area contributed by atoms with Crippen molar-refractivity contribution >= 4 is 11.6 Å². The molecule has 0 aromatic heterocycles. The van der Waals surface area contributed by atoms with Crippen molar-refractivity contribution in [1.29, 1.82) is 0 Å². The summed E-state index contributed by atoms with van der Waals surface area (Å²) >= 11 is 0. The van der Waals surface area contributed by atoms with Crippen LogP contribution in [0.2, 0.25) is 0 Å². The van der Waals surface area contributed by atoms with E-state index in [-0.39, 0.29) is 18.1 Å². The van der Waals surface area contributed by atoms with Gasteiger partial charge >= 0.3 is 0 Å². The predicted octanol–water partition coefficient (Wildman–Crippen LogP) is 1.87. The molecule has 22 heavy (non-hydrogen) atoms. The molecule has 2 aromatic rings. The van der Waals surface area contributed by atoms with Gasteiger partial charge in [-0.05, 0) is 55.5 Å². The number of carbonyl (C=O) groups excluding carboxylic acids is 1. The lowest BCUT2D eigenvalue weighted by molar-refractivity contribution is -0.135. The van der Waals surface area contributed by atoms with E-state index in [0.29, 0.717) is 11.4 Å². The van der Waals surface area contributed by atoms with E-state index < -0.39 is 11.5 Å². The van der Waals surface area contributed by atoms with Gasteiger partial charge in [0.05, 0.1) is 0 Å². The van der Waals surface area contributed by atoms with Gasteiger partial charge in [-0.15, -0.1) is 0 Å². The molecule has 0 saturated carbocycles. The van der Waals surface area contributed by atoms with Crippen LogP contribution in [0.3, 0.4) is 0 Å². The summed E-state index contributed by atoms with van der Waals surface area (Å²) in [5, 5.41) is 31.1. The Bertz CT molecular complexity index is 635. The van der Waals surface area contributed by atoms with E-state index >= 15 is 0 Å². The number of hydrogen-bond acceptors (Lipinski definition) is 5. The van der Waals surface area contributed by atoms with Gasteiger partial charge in [0.2, 0.25) is 0 Å². The maximum atomic E-state index is 12.1. The summed E-state index contributed by atoms with van der Waals surface area (Å²) in [4.78, 5) is 12.1. The van der Waals surface area contributed by atoms with Crippen LogP contribution in [0, 0.1) is 0 Å². The van der Waals surface area contributed by atoms with Crippen molar-refractivity contribution < 1.29 is 24.9 Å². The zero-order valence-electron chi connectivity index (χ0n) is 12.0. The summed E-state index contributed by atoms with van der Waals surface area (Å²) in [6, 6.07) is 11.8. The molecule has 0 spiro atoms. The molecule has 0 aliphatic carbocycles. The second kappa shape index (κ2) is 6.36. The number of nitrogens with one attached hydrogen (secondary N) is 1. The minimum Gasteiger partial charge on any atom is -0.508 e. The highest BCUT2D eigenvalue weighted by atomic mass is 16.5. The fourth-order valence-electron chi connectivity index (χ4n) is 1.64. The Kier molecular flexibility index (Phi) is 4.53. The number of phenols is 2. The molecule has 1 amide bonds. The van der Waals surface area contributed by atoms with Crippen LogP contribution in [0.5, 0.6) is 17.2 Å². The highest BCUT2D eigenvalue weighted by molar-refractivity contribution is 5.97. The monoisotopic (exact) mass is 303 g/mol. The van der Waals surface area contributed by atoms with Gasteiger partial charge in [-0.25, -0.2) is 0 Å². The second-order valence-electron chi connectivity index (χ2n) is 5.06. The van der Waals surface area contributed by atoms with Gasteiger partial charge in [-0.3, -0.25) is 4.79 Å². The molecule has 1 unspecified atom stereocenters. The zero-order chi connectivity index (χ0) is 16.2. The second-order valence-corrected chi connectivity index (χ2v) is 5.06. The van der Waals surface area contributed by atoms with Crippen LogP contribution in [0.4, 0.5) is 5.69 Å². The van der Waals surface area contributed by atoms with Crippen LogP contribution in [-0.4, -0.2) is 33.4 Å². The van der Waals surface area contributed by atoms with Crippen molar-refractivity contribution in [3.8, 4) is 17.2 Å². The standard InChI is InChI=1S/C16H17NO5/c1-16(21,10-22-14-8-6-13(19)7-9-14)15(20)17-11-2-4-12(18)5-3-11/h2-9,18-19,21H,10H2,1H3,(H,17,20). The number of amides is 1. The van der Waals surface area contributed by atoms with Crippen LogP contribution < -0.4 is 10.1 Å². The summed E-state index contributed by atoms with van der Waals surface area (Å²) in [5.74, 6) is -0.0166. The molecule has 6 heteroatoms. The summed E-state index contributed by atoms with van der Waals surface area (Å²) < 4.78 is 5.34. The molecule has 1 atom stereocenters. The smallest absolute Gasteiger partial charge is 0.259 e. The Morgan fingerprint density at radius 2 is 1.55 bits per heavy atom. The van der Waals surface area contributed by atoms with Crippen molar-refractivity contribution in [2.24, 2.45) is 0 Å². The van der Waals surface area contributed by atoms with Crippen molar-refractivity contribution in [3.63, 3.8) is 0 Å². The molecule has 0 aliphatic heterocycles. The first-order chi connectivity index (χ1) is 10.4. The van der Waals surface area contributed by atoms with Gasteiger partial charge < -0.3 is 25.4 Å². The van der Waals surface area contributed by atoms with E-state index in [4.69, 9.17) is 9.84 Å². The van der Waals surface area contributed by atoms with E-state index in [9.17, 15) is 15.0 Å². The van der Waals surface area contributed by atoms with Gasteiger partial charge in [0.15, 0.2) is 5.60 Å². The number of rotatable bonds is 5. The number of phenolic OH excluding ortho intramolecular Hbond substituents is 2. The van der Waals surface area contributed by atoms with E-state index in [2.05, 4.69) is 5.32 Å². The van der Waals surface area contributed by atoms with E-state index in [1.807, 2.05) is 0 Å². The molecular weight excluding hydrogens is 286 g/mol. The van der Waals surface area contributed by atoms with Crippen molar-refractivity contribution in [2.45, 2.75) is 12.5 Å². The highest BCUT2D eigenvalue weighted by Gasteiger charge is 2.31. The molecule has 0 fully saturated rings. The Morgan fingerprint density at radius 1 is 1.05 bits per heavy atom. The number of anilines is 1. The third-order valence-corrected chi connectivity index (χ3v) is 2.97. The van der Waals surface area contributed by atoms with Crippen LogP contribution >= 0.6 is 0 Å². The van der Waals surface area contributed by atoms with E-state index in [0.717, 1.165) is 0 Å². The van der Waals surface area contributed by atoms with Crippen LogP contribution in [0.15, 0.2) is 48.5 Å². The van der Waals surface area contributed by atoms with Crippen LogP contribution in [-0.2, 0) is 4.79 Å². The fraction of sp³-hybridized carbons (Fsp3) is 0.188. The lowest BCUT2D eigenvalue weighted by Gasteiger charge is -2.22. The van der Waals surface area contributed by atoms with Gasteiger partial charge in [-0.2, -0.15) is 0 Å². The average molecular weight is 303 g/mol. The normalized spacial score (nSPS) is 13.2. The summed E-state index contributed by atoms with van der Waals surface area (Å²) in [6.07, 6.45) is 0. The molecular formula is C16H17NO5. The number of benzene rings is 2. The number of aliphatic hydroxyl groups is 1. The van der Waals surface area contributed by atoms with E-state index in [1.165, 1.54) is 55.5 Å². The number of aromatic hydroxyl groups is 2. The molecule has 0 aliphatic rings. The summed E-state index contributed by atoms with van der Waals surface area (Å²) in [6.45, 7) is 1.09. The van der Waals surface area contributed by atoms with E-state index in [1.54, 1.807) is 0 Å². The molecule has 6 nitrogen and oxygen atoms in total. The molecule has 0 radical (unpaired) electrons. The Labute approximate surface area is 127 Å². The first-order valence-electron chi connectivity index (χ1n) is 6.61. The van der Waals surface area contributed by atoms with Gasteiger partial charge in [-0.1, -0.05) is 0 Å². The molecule has 116 valence electrons. The number of hydrogen-bond donors (Lipinski definition) is 4. The maximum absolute atomic E-state index is 12.1. The zero-order valence-corrected chi connectivity index (χ0v) is 12.0. The first kappa shape index (κ1) is 15.7. The quantitative estimate of drug-likeness (QED) is 0.632. The summed E-state index contributed by atoms with van der Waals surface area (Å²) in [5.41, 5.74) is -1.29. The highest BCUT2D eigenvalue weighted by Crippen LogP contribution is 2.19.